The zero-order valence-corrected chi connectivity index (χ0v) is 15.8. The van der Waals surface area contributed by atoms with Crippen LogP contribution >= 0.6 is 0 Å². The van der Waals surface area contributed by atoms with Gasteiger partial charge in [-0.2, -0.15) is 17.9 Å². The summed E-state index contributed by atoms with van der Waals surface area (Å²) in [6.07, 6.45) is -2.32. The van der Waals surface area contributed by atoms with Gasteiger partial charge in [-0.1, -0.05) is 12.1 Å². The second kappa shape index (κ2) is 7.82. The normalized spacial score (nSPS) is 17.6. The fraction of sp³-hybridized carbons (Fsp3) is 0.350. The molecule has 3 aromatic rings. The second-order valence-electron chi connectivity index (χ2n) is 6.96. The molecule has 0 amide bonds. The van der Waals surface area contributed by atoms with E-state index >= 15 is 0 Å². The first-order valence-electron chi connectivity index (χ1n) is 9.28. The zero-order valence-electron chi connectivity index (χ0n) is 15.8. The highest BCUT2D eigenvalue weighted by Crippen LogP contribution is 2.34. The summed E-state index contributed by atoms with van der Waals surface area (Å²) in [4.78, 5) is 2.28. The summed E-state index contributed by atoms with van der Waals surface area (Å²) in [6, 6.07) is 13.0. The van der Waals surface area contributed by atoms with Gasteiger partial charge in [-0.25, -0.2) is 0 Å². The Balaban J connectivity index is 1.55. The molecule has 1 aromatic heterocycles. The predicted molar refractivity (Wildman–Crippen MR) is 99.5 cm³/mol. The molecule has 0 saturated carbocycles. The number of benzene rings is 2. The molecule has 4 rings (SSSR count). The third-order valence-electron chi connectivity index (χ3n) is 5.16. The average Bonchev–Trinajstić information content (AvgIpc) is 3.37. The molecule has 29 heavy (non-hydrogen) atoms. The molecule has 6 nitrogen and oxygen atoms in total. The van der Waals surface area contributed by atoms with Crippen molar-refractivity contribution in [2.24, 2.45) is 0 Å². The number of alkyl halides is 3. The van der Waals surface area contributed by atoms with Gasteiger partial charge in [0.1, 0.15) is 5.75 Å². The van der Waals surface area contributed by atoms with Gasteiger partial charge in [0.05, 0.1) is 24.9 Å². The summed E-state index contributed by atoms with van der Waals surface area (Å²) in [5.74, 6) is 1.39. The van der Waals surface area contributed by atoms with E-state index < -0.39 is 11.7 Å². The van der Waals surface area contributed by atoms with Crippen molar-refractivity contribution in [1.29, 1.82) is 0 Å². The van der Waals surface area contributed by atoms with Crippen molar-refractivity contribution in [3.05, 3.63) is 65.5 Å². The Morgan fingerprint density at radius 1 is 1.14 bits per heavy atom. The van der Waals surface area contributed by atoms with Gasteiger partial charge in [0.15, 0.2) is 5.82 Å². The molecule has 1 saturated heterocycles. The molecule has 1 aliphatic rings. The summed E-state index contributed by atoms with van der Waals surface area (Å²) in [5.41, 5.74) is 0.957. The molecule has 2 heterocycles. The van der Waals surface area contributed by atoms with Crippen LogP contribution in [0.1, 0.15) is 35.8 Å². The number of methoxy groups -OCH3 is 1. The minimum absolute atomic E-state index is 0.211. The molecule has 1 aliphatic heterocycles. The van der Waals surface area contributed by atoms with E-state index in [0.29, 0.717) is 18.1 Å². The van der Waals surface area contributed by atoms with Crippen molar-refractivity contribution < 1.29 is 17.9 Å². The van der Waals surface area contributed by atoms with Crippen LogP contribution in [0.4, 0.5) is 13.2 Å². The summed E-state index contributed by atoms with van der Waals surface area (Å²) >= 11 is 0. The van der Waals surface area contributed by atoms with Crippen molar-refractivity contribution in [3.63, 3.8) is 0 Å². The number of nitrogens with zero attached hydrogens (tertiary/aromatic N) is 5. The molecule has 152 valence electrons. The molecule has 1 atom stereocenters. The lowest BCUT2D eigenvalue weighted by molar-refractivity contribution is -0.137. The van der Waals surface area contributed by atoms with E-state index in [1.54, 1.807) is 7.11 Å². The number of halogens is 3. The van der Waals surface area contributed by atoms with Crippen LogP contribution in [0, 0.1) is 0 Å². The Kier molecular flexibility index (Phi) is 5.23. The summed E-state index contributed by atoms with van der Waals surface area (Å²) in [6.45, 7) is 1.39. The van der Waals surface area contributed by atoms with Gasteiger partial charge in [-0.15, -0.1) is 5.10 Å². The number of hydrogen-bond donors (Lipinski definition) is 0. The van der Waals surface area contributed by atoms with E-state index in [1.807, 2.05) is 18.2 Å². The Hall–Kier alpha value is -2.94. The maximum absolute atomic E-state index is 12.8. The zero-order chi connectivity index (χ0) is 20.4. The average molecular weight is 403 g/mol. The van der Waals surface area contributed by atoms with Crippen LogP contribution in [0.25, 0.3) is 5.69 Å². The van der Waals surface area contributed by atoms with Crippen molar-refractivity contribution in [2.75, 3.05) is 13.7 Å². The van der Waals surface area contributed by atoms with Crippen molar-refractivity contribution in [1.82, 2.24) is 25.1 Å². The van der Waals surface area contributed by atoms with Crippen LogP contribution in [-0.2, 0) is 12.7 Å². The Morgan fingerprint density at radius 3 is 2.66 bits per heavy atom. The number of rotatable bonds is 5. The van der Waals surface area contributed by atoms with Gasteiger partial charge < -0.3 is 4.74 Å². The highest BCUT2D eigenvalue weighted by Gasteiger charge is 2.31. The van der Waals surface area contributed by atoms with Gasteiger partial charge in [-0.3, -0.25) is 4.90 Å². The monoisotopic (exact) mass is 403 g/mol. The first-order chi connectivity index (χ1) is 14.0. The van der Waals surface area contributed by atoms with E-state index in [9.17, 15) is 13.2 Å². The Bertz CT molecular complexity index is 971. The molecule has 0 radical (unpaired) electrons. The topological polar surface area (TPSA) is 56.1 Å². The number of tetrazole rings is 1. The third-order valence-corrected chi connectivity index (χ3v) is 5.16. The standard InChI is InChI=1S/C20H20F3N5O/c1-29-17-5-2-4-14(12-17)18-6-3-11-27(18)13-19-24-25-26-28(19)16-9-7-15(8-10-16)20(21,22)23/h2,4-5,7-10,12,18H,3,6,11,13H2,1H3. The molecule has 0 N–H and O–H groups in total. The number of hydrogen-bond acceptors (Lipinski definition) is 5. The molecule has 2 aromatic carbocycles. The van der Waals surface area contributed by atoms with Gasteiger partial charge in [-0.05, 0) is 71.8 Å². The second-order valence-corrected chi connectivity index (χ2v) is 6.96. The minimum atomic E-state index is -4.37. The molecule has 0 aliphatic carbocycles. The summed E-state index contributed by atoms with van der Waals surface area (Å²) in [7, 11) is 1.64. The predicted octanol–water partition coefficient (Wildman–Crippen LogP) is 4.03. The fourth-order valence-corrected chi connectivity index (χ4v) is 3.72. The van der Waals surface area contributed by atoms with Crippen molar-refractivity contribution in [3.8, 4) is 11.4 Å². The highest BCUT2D eigenvalue weighted by atomic mass is 19.4. The van der Waals surface area contributed by atoms with E-state index in [2.05, 4.69) is 26.5 Å². The third kappa shape index (κ3) is 4.09. The van der Waals surface area contributed by atoms with Gasteiger partial charge in [0, 0.05) is 6.04 Å². The summed E-state index contributed by atoms with van der Waals surface area (Å²) in [5, 5.41) is 11.8. The first-order valence-corrected chi connectivity index (χ1v) is 9.28. The van der Waals surface area contributed by atoms with E-state index in [1.165, 1.54) is 16.8 Å². The van der Waals surface area contributed by atoms with Crippen LogP contribution in [0.2, 0.25) is 0 Å². The molecule has 1 unspecified atom stereocenters. The van der Waals surface area contributed by atoms with E-state index in [4.69, 9.17) is 4.74 Å². The fourth-order valence-electron chi connectivity index (χ4n) is 3.72. The highest BCUT2D eigenvalue weighted by molar-refractivity contribution is 5.35. The maximum Gasteiger partial charge on any atom is 0.416 e. The van der Waals surface area contributed by atoms with Crippen LogP contribution in [0.5, 0.6) is 5.75 Å². The van der Waals surface area contributed by atoms with E-state index in [0.717, 1.165) is 42.8 Å². The molecule has 1 fully saturated rings. The molecular formula is C20H20F3N5O. The van der Waals surface area contributed by atoms with Crippen LogP contribution in [0.3, 0.4) is 0 Å². The van der Waals surface area contributed by atoms with Crippen LogP contribution < -0.4 is 4.74 Å². The van der Waals surface area contributed by atoms with E-state index in [-0.39, 0.29) is 6.04 Å². The minimum Gasteiger partial charge on any atom is -0.497 e. The van der Waals surface area contributed by atoms with Crippen LogP contribution in [0.15, 0.2) is 48.5 Å². The smallest absolute Gasteiger partial charge is 0.416 e. The van der Waals surface area contributed by atoms with Crippen molar-refractivity contribution >= 4 is 0 Å². The lowest BCUT2D eigenvalue weighted by Gasteiger charge is -2.24. The van der Waals surface area contributed by atoms with Gasteiger partial charge in [0.25, 0.3) is 0 Å². The number of ether oxygens (including phenoxy) is 1. The molecule has 0 bridgehead atoms. The quantitative estimate of drug-likeness (QED) is 0.644. The van der Waals surface area contributed by atoms with Gasteiger partial charge in [0.2, 0.25) is 0 Å². The lowest BCUT2D eigenvalue weighted by Crippen LogP contribution is -2.24. The van der Waals surface area contributed by atoms with Crippen LogP contribution in [-0.4, -0.2) is 38.8 Å². The number of aromatic nitrogens is 4. The largest absolute Gasteiger partial charge is 0.497 e. The number of likely N-dealkylation sites (tertiary alicyclic amines) is 1. The molecule has 9 heteroatoms. The first kappa shape index (κ1) is 19.4. The maximum atomic E-state index is 12.8. The van der Waals surface area contributed by atoms with Gasteiger partial charge >= 0.3 is 6.18 Å². The molecule has 0 spiro atoms. The summed E-state index contributed by atoms with van der Waals surface area (Å²) < 4.78 is 45.2. The SMILES string of the molecule is COc1cccc(C2CCCN2Cc2nnnn2-c2ccc(C(F)(F)F)cc2)c1. The van der Waals surface area contributed by atoms with Crippen molar-refractivity contribution in [2.45, 2.75) is 31.6 Å². The lowest BCUT2D eigenvalue weighted by atomic mass is 10.0. The molecular weight excluding hydrogens is 383 g/mol. The Labute approximate surface area is 165 Å². The Morgan fingerprint density at radius 2 is 1.93 bits per heavy atom.